The van der Waals surface area contributed by atoms with Gasteiger partial charge in [0.1, 0.15) is 0 Å². The summed E-state index contributed by atoms with van der Waals surface area (Å²) >= 11 is 1.71. The van der Waals surface area contributed by atoms with Crippen LogP contribution in [0.15, 0.2) is 11.4 Å². The molecule has 0 saturated heterocycles. The highest BCUT2D eigenvalue weighted by molar-refractivity contribution is 7.10. The summed E-state index contributed by atoms with van der Waals surface area (Å²) in [4.78, 5) is 3.56. The van der Waals surface area contributed by atoms with E-state index in [1.807, 2.05) is 6.07 Å². The summed E-state index contributed by atoms with van der Waals surface area (Å²) in [5.74, 6) is 6.67. The molecule has 0 saturated carbocycles. The number of aliphatic hydroxyl groups is 1. The summed E-state index contributed by atoms with van der Waals surface area (Å²) < 4.78 is 0. The molecule has 1 rings (SSSR count). The lowest BCUT2D eigenvalue weighted by Gasteiger charge is -2.22. The molecule has 0 fully saturated rings. The molecule has 0 aromatic carbocycles. The van der Waals surface area contributed by atoms with Gasteiger partial charge in [-0.15, -0.1) is 11.3 Å². The minimum atomic E-state index is 0.105. The zero-order valence-electron chi connectivity index (χ0n) is 12.2. The molecular formula is C16H22N2OS. The van der Waals surface area contributed by atoms with Gasteiger partial charge in [-0.05, 0) is 17.4 Å². The number of aliphatic hydroxyl groups excluding tert-OH is 1. The van der Waals surface area contributed by atoms with Gasteiger partial charge in [-0.3, -0.25) is 4.90 Å². The Morgan fingerprint density at radius 1 is 1.40 bits per heavy atom. The predicted octanol–water partition coefficient (Wildman–Crippen LogP) is 2.85. The van der Waals surface area contributed by atoms with Crippen LogP contribution in [0.4, 0.5) is 0 Å². The molecule has 0 amide bonds. The maximum Gasteiger partial charge on any atom is 0.0635 e. The standard InChI is InChI=1S/C16H22N2OS/c1-14(2)12-18(9-5-8-17)13-16-15(7-11-20-16)6-3-4-10-19/h7,11,14,19H,4-5,9-10,12-13H2,1-2H3. The SMILES string of the molecule is CC(C)CN(CCC#N)Cc1sccc1C#CCCO. The highest BCUT2D eigenvalue weighted by atomic mass is 32.1. The van der Waals surface area contributed by atoms with E-state index in [1.165, 1.54) is 4.88 Å². The fraction of sp³-hybridized carbons (Fsp3) is 0.562. The zero-order valence-corrected chi connectivity index (χ0v) is 13.0. The van der Waals surface area contributed by atoms with Gasteiger partial charge in [0, 0.05) is 42.9 Å². The van der Waals surface area contributed by atoms with Crippen molar-refractivity contribution in [1.82, 2.24) is 4.90 Å². The van der Waals surface area contributed by atoms with Crippen LogP contribution in [0.3, 0.4) is 0 Å². The van der Waals surface area contributed by atoms with Gasteiger partial charge in [-0.1, -0.05) is 25.7 Å². The Morgan fingerprint density at radius 3 is 2.85 bits per heavy atom. The molecule has 108 valence electrons. The Morgan fingerprint density at radius 2 is 2.20 bits per heavy atom. The van der Waals surface area contributed by atoms with Crippen molar-refractivity contribution >= 4 is 11.3 Å². The number of thiophene rings is 1. The first-order chi connectivity index (χ1) is 9.67. The van der Waals surface area contributed by atoms with Crippen LogP contribution in [0.25, 0.3) is 0 Å². The highest BCUT2D eigenvalue weighted by Crippen LogP contribution is 2.19. The Labute approximate surface area is 125 Å². The first kappa shape index (κ1) is 16.7. The lowest BCUT2D eigenvalue weighted by molar-refractivity contribution is 0.243. The van der Waals surface area contributed by atoms with E-state index < -0.39 is 0 Å². The Bertz CT molecular complexity index is 491. The lowest BCUT2D eigenvalue weighted by Crippen LogP contribution is -2.28. The average Bonchev–Trinajstić information content (AvgIpc) is 2.83. The third-order valence-corrected chi connectivity index (χ3v) is 3.64. The van der Waals surface area contributed by atoms with Gasteiger partial charge in [0.05, 0.1) is 12.7 Å². The van der Waals surface area contributed by atoms with E-state index in [4.69, 9.17) is 10.4 Å². The van der Waals surface area contributed by atoms with Crippen LogP contribution < -0.4 is 0 Å². The van der Waals surface area contributed by atoms with Crippen LogP contribution in [-0.2, 0) is 6.54 Å². The normalized spacial score (nSPS) is 10.4. The van der Waals surface area contributed by atoms with Gasteiger partial charge in [0.15, 0.2) is 0 Å². The highest BCUT2D eigenvalue weighted by Gasteiger charge is 2.11. The molecule has 4 heteroatoms. The van der Waals surface area contributed by atoms with Crippen molar-refractivity contribution in [3.63, 3.8) is 0 Å². The summed E-state index contributed by atoms with van der Waals surface area (Å²) in [6, 6.07) is 4.24. The van der Waals surface area contributed by atoms with Crippen LogP contribution in [0, 0.1) is 29.1 Å². The molecule has 1 aromatic heterocycles. The van der Waals surface area contributed by atoms with Crippen molar-refractivity contribution < 1.29 is 5.11 Å². The van der Waals surface area contributed by atoms with Crippen LogP contribution in [0.5, 0.6) is 0 Å². The van der Waals surface area contributed by atoms with Crippen LogP contribution >= 0.6 is 11.3 Å². The van der Waals surface area contributed by atoms with E-state index in [0.717, 1.165) is 25.2 Å². The zero-order chi connectivity index (χ0) is 14.8. The third-order valence-electron chi connectivity index (χ3n) is 2.74. The monoisotopic (exact) mass is 290 g/mol. The van der Waals surface area contributed by atoms with E-state index in [2.05, 4.69) is 42.0 Å². The number of rotatable bonds is 7. The number of nitriles is 1. The first-order valence-corrected chi connectivity index (χ1v) is 7.80. The van der Waals surface area contributed by atoms with E-state index in [9.17, 15) is 0 Å². The van der Waals surface area contributed by atoms with Crippen molar-refractivity contribution in [3.05, 3.63) is 21.9 Å². The van der Waals surface area contributed by atoms with Gasteiger partial charge in [-0.2, -0.15) is 5.26 Å². The second kappa shape index (κ2) is 9.55. The molecule has 0 unspecified atom stereocenters. The summed E-state index contributed by atoms with van der Waals surface area (Å²) in [5, 5.41) is 19.6. The second-order valence-electron chi connectivity index (χ2n) is 5.07. The lowest BCUT2D eigenvalue weighted by atomic mass is 10.2. The smallest absolute Gasteiger partial charge is 0.0635 e. The molecule has 3 nitrogen and oxygen atoms in total. The van der Waals surface area contributed by atoms with Crippen LogP contribution in [0.1, 0.15) is 37.1 Å². The average molecular weight is 290 g/mol. The van der Waals surface area contributed by atoms with Gasteiger partial charge >= 0.3 is 0 Å². The van der Waals surface area contributed by atoms with E-state index >= 15 is 0 Å². The van der Waals surface area contributed by atoms with E-state index in [-0.39, 0.29) is 6.61 Å². The Kier molecular flexibility index (Phi) is 7.99. The summed E-state index contributed by atoms with van der Waals surface area (Å²) in [5.41, 5.74) is 1.05. The molecule has 0 aliphatic rings. The summed E-state index contributed by atoms with van der Waals surface area (Å²) in [7, 11) is 0. The third kappa shape index (κ3) is 6.21. The fourth-order valence-electron chi connectivity index (χ4n) is 1.95. The topological polar surface area (TPSA) is 47.3 Å². The second-order valence-corrected chi connectivity index (χ2v) is 6.07. The molecule has 20 heavy (non-hydrogen) atoms. The molecule has 1 aromatic rings. The minimum Gasteiger partial charge on any atom is -0.395 e. The van der Waals surface area contributed by atoms with Gasteiger partial charge in [0.2, 0.25) is 0 Å². The molecule has 0 atom stereocenters. The molecule has 0 aliphatic heterocycles. The van der Waals surface area contributed by atoms with Crippen molar-refractivity contribution in [3.8, 4) is 17.9 Å². The van der Waals surface area contributed by atoms with Gasteiger partial charge in [-0.25, -0.2) is 0 Å². The fourth-order valence-corrected chi connectivity index (χ4v) is 2.82. The van der Waals surface area contributed by atoms with Crippen molar-refractivity contribution in [2.45, 2.75) is 33.2 Å². The molecular weight excluding hydrogens is 268 g/mol. The molecule has 1 N–H and O–H groups in total. The van der Waals surface area contributed by atoms with Crippen LogP contribution in [0.2, 0.25) is 0 Å². The van der Waals surface area contributed by atoms with Crippen molar-refractivity contribution in [1.29, 1.82) is 5.26 Å². The molecule has 0 aliphatic carbocycles. The maximum absolute atomic E-state index is 8.77. The summed E-state index contributed by atoms with van der Waals surface area (Å²) in [6.45, 7) is 7.12. The number of hydrogen-bond donors (Lipinski definition) is 1. The minimum absolute atomic E-state index is 0.105. The number of hydrogen-bond acceptors (Lipinski definition) is 4. The largest absolute Gasteiger partial charge is 0.395 e. The van der Waals surface area contributed by atoms with E-state index in [1.54, 1.807) is 11.3 Å². The number of nitrogens with zero attached hydrogens (tertiary/aromatic N) is 2. The van der Waals surface area contributed by atoms with Gasteiger partial charge in [0.25, 0.3) is 0 Å². The molecule has 0 spiro atoms. The van der Waals surface area contributed by atoms with E-state index in [0.29, 0.717) is 18.8 Å². The van der Waals surface area contributed by atoms with Crippen LogP contribution in [-0.4, -0.2) is 29.7 Å². The molecule has 0 radical (unpaired) electrons. The Hall–Kier alpha value is -1.33. The molecule has 0 bridgehead atoms. The van der Waals surface area contributed by atoms with Crippen molar-refractivity contribution in [2.75, 3.05) is 19.7 Å². The quantitative estimate of drug-likeness (QED) is 0.786. The predicted molar refractivity (Wildman–Crippen MR) is 83.2 cm³/mol. The maximum atomic E-state index is 8.77. The van der Waals surface area contributed by atoms with Crippen molar-refractivity contribution in [2.24, 2.45) is 5.92 Å². The Balaban J connectivity index is 2.71. The molecule has 1 heterocycles. The summed E-state index contributed by atoms with van der Waals surface area (Å²) in [6.07, 6.45) is 1.07. The first-order valence-electron chi connectivity index (χ1n) is 6.92. The van der Waals surface area contributed by atoms with Gasteiger partial charge < -0.3 is 5.11 Å².